The molecule has 0 radical (unpaired) electrons. The van der Waals surface area contributed by atoms with E-state index in [1.54, 1.807) is 0 Å². The summed E-state index contributed by atoms with van der Waals surface area (Å²) in [7, 11) is 0. The van der Waals surface area contributed by atoms with Crippen LogP contribution in [0, 0.1) is 12.8 Å². The molecule has 2 N–H and O–H groups in total. The van der Waals surface area contributed by atoms with E-state index in [0.29, 0.717) is 17.9 Å². The molecule has 0 saturated heterocycles. The van der Waals surface area contributed by atoms with Gasteiger partial charge in [-0.05, 0) is 49.7 Å². The third-order valence-electron chi connectivity index (χ3n) is 4.33. The molecule has 1 amide bonds. The van der Waals surface area contributed by atoms with Gasteiger partial charge in [0.25, 0.3) is 0 Å². The highest BCUT2D eigenvalue weighted by Crippen LogP contribution is 2.38. The number of hydrogen-bond donors (Lipinski definition) is 2. The lowest BCUT2D eigenvalue weighted by Gasteiger charge is -2.38. The maximum Gasteiger partial charge on any atom is 0.236 e. The minimum Gasteiger partial charge on any atom is -0.354 e. The van der Waals surface area contributed by atoms with Crippen molar-refractivity contribution in [2.75, 3.05) is 6.54 Å². The van der Waals surface area contributed by atoms with Crippen molar-refractivity contribution in [3.05, 3.63) is 35.4 Å². The van der Waals surface area contributed by atoms with Crippen molar-refractivity contribution in [1.29, 1.82) is 0 Å². The average molecular weight is 288 g/mol. The number of hydrogen-bond acceptors (Lipinski definition) is 2. The summed E-state index contributed by atoms with van der Waals surface area (Å²) < 4.78 is 0. The molecule has 1 atom stereocenters. The molecule has 3 heteroatoms. The van der Waals surface area contributed by atoms with Crippen molar-refractivity contribution in [2.45, 2.75) is 58.5 Å². The van der Waals surface area contributed by atoms with Crippen LogP contribution in [0.15, 0.2) is 24.3 Å². The van der Waals surface area contributed by atoms with Crippen LogP contribution in [0.1, 0.15) is 50.7 Å². The first-order valence-electron chi connectivity index (χ1n) is 8.06. The van der Waals surface area contributed by atoms with E-state index in [2.05, 4.69) is 55.7 Å². The summed E-state index contributed by atoms with van der Waals surface area (Å²) >= 11 is 0. The van der Waals surface area contributed by atoms with Crippen LogP contribution in [0.5, 0.6) is 0 Å². The fourth-order valence-corrected chi connectivity index (χ4v) is 2.94. The highest BCUT2D eigenvalue weighted by molar-refractivity contribution is 5.81. The van der Waals surface area contributed by atoms with Crippen LogP contribution in [-0.4, -0.2) is 24.5 Å². The lowest BCUT2D eigenvalue weighted by molar-refractivity contribution is -0.123. The largest absolute Gasteiger partial charge is 0.354 e. The smallest absolute Gasteiger partial charge is 0.236 e. The van der Waals surface area contributed by atoms with Crippen molar-refractivity contribution in [2.24, 2.45) is 5.92 Å². The molecule has 0 bridgehead atoms. The first-order chi connectivity index (χ1) is 9.97. The lowest BCUT2D eigenvalue weighted by Crippen LogP contribution is -2.51. The van der Waals surface area contributed by atoms with Crippen molar-refractivity contribution >= 4 is 5.91 Å². The molecule has 1 unspecified atom stereocenters. The molecule has 1 aliphatic carbocycles. The summed E-state index contributed by atoms with van der Waals surface area (Å²) in [6.07, 6.45) is 2.26. The molecule has 3 nitrogen and oxygen atoms in total. The Hall–Kier alpha value is -1.35. The van der Waals surface area contributed by atoms with Gasteiger partial charge in [0.05, 0.1) is 6.04 Å². The van der Waals surface area contributed by atoms with Gasteiger partial charge in [0.15, 0.2) is 0 Å². The molecule has 1 saturated carbocycles. The monoisotopic (exact) mass is 288 g/mol. The minimum atomic E-state index is -0.105. The predicted octanol–water partition coefficient (Wildman–Crippen LogP) is 2.99. The van der Waals surface area contributed by atoms with Crippen molar-refractivity contribution in [1.82, 2.24) is 10.6 Å². The van der Waals surface area contributed by atoms with E-state index in [-0.39, 0.29) is 11.9 Å². The van der Waals surface area contributed by atoms with E-state index in [1.807, 2.05) is 6.92 Å². The standard InChI is InChI=1S/C18H28N2O/c1-12(2)11-19-18(21)14(4)20-16-9-15(10-16)17-8-6-5-7-13(17)3/h5-8,12,14-16,20H,9-11H2,1-4H3,(H,19,21). The van der Waals surface area contributed by atoms with Gasteiger partial charge in [-0.3, -0.25) is 4.79 Å². The molecule has 21 heavy (non-hydrogen) atoms. The van der Waals surface area contributed by atoms with Crippen LogP contribution in [0.4, 0.5) is 0 Å². The Kier molecular flexibility index (Phi) is 5.40. The number of carbonyl (C=O) groups is 1. The Bertz CT molecular complexity index is 478. The summed E-state index contributed by atoms with van der Waals surface area (Å²) in [4.78, 5) is 12.0. The Labute approximate surface area is 128 Å². The molecule has 0 aliphatic heterocycles. The number of nitrogens with one attached hydrogen (secondary N) is 2. The van der Waals surface area contributed by atoms with Gasteiger partial charge in [-0.25, -0.2) is 0 Å². The summed E-state index contributed by atoms with van der Waals surface area (Å²) in [6, 6.07) is 8.98. The second-order valence-corrected chi connectivity index (χ2v) is 6.75. The molecule has 1 aromatic rings. The van der Waals surface area contributed by atoms with Crippen molar-refractivity contribution < 1.29 is 4.79 Å². The number of carbonyl (C=O) groups excluding carboxylic acids is 1. The maximum absolute atomic E-state index is 12.0. The van der Waals surface area contributed by atoms with E-state index in [1.165, 1.54) is 11.1 Å². The van der Waals surface area contributed by atoms with E-state index < -0.39 is 0 Å². The van der Waals surface area contributed by atoms with Gasteiger partial charge in [0.1, 0.15) is 0 Å². The van der Waals surface area contributed by atoms with E-state index in [9.17, 15) is 4.79 Å². The zero-order chi connectivity index (χ0) is 15.4. The molecule has 0 aromatic heterocycles. The summed E-state index contributed by atoms with van der Waals surface area (Å²) in [6.45, 7) is 9.10. The van der Waals surface area contributed by atoms with Crippen molar-refractivity contribution in [3.8, 4) is 0 Å². The normalized spacial score (nSPS) is 22.7. The molecule has 2 rings (SSSR count). The number of benzene rings is 1. The molecule has 1 fully saturated rings. The highest BCUT2D eigenvalue weighted by Gasteiger charge is 2.32. The number of rotatable bonds is 6. The van der Waals surface area contributed by atoms with Gasteiger partial charge in [0, 0.05) is 12.6 Å². The first kappa shape index (κ1) is 16.0. The van der Waals surface area contributed by atoms with Crippen LogP contribution in [0.2, 0.25) is 0 Å². The molecule has 1 aliphatic rings. The van der Waals surface area contributed by atoms with Gasteiger partial charge in [-0.1, -0.05) is 38.1 Å². The Balaban J connectivity index is 1.75. The lowest BCUT2D eigenvalue weighted by atomic mass is 9.74. The summed E-state index contributed by atoms with van der Waals surface area (Å²) in [5.74, 6) is 1.26. The predicted molar refractivity (Wildman–Crippen MR) is 87.4 cm³/mol. The zero-order valence-corrected chi connectivity index (χ0v) is 13.6. The SMILES string of the molecule is Cc1ccccc1C1CC(NC(C)C(=O)NCC(C)C)C1. The Morgan fingerprint density at radius 3 is 2.52 bits per heavy atom. The van der Waals surface area contributed by atoms with Gasteiger partial charge >= 0.3 is 0 Å². The summed E-state index contributed by atoms with van der Waals surface area (Å²) in [5, 5.41) is 6.43. The second-order valence-electron chi connectivity index (χ2n) is 6.75. The Morgan fingerprint density at radius 2 is 1.90 bits per heavy atom. The fraction of sp³-hybridized carbons (Fsp3) is 0.611. The number of amides is 1. The Morgan fingerprint density at radius 1 is 1.24 bits per heavy atom. The number of aryl methyl sites for hydroxylation is 1. The molecule has 0 heterocycles. The molecular weight excluding hydrogens is 260 g/mol. The van der Waals surface area contributed by atoms with Crippen molar-refractivity contribution in [3.63, 3.8) is 0 Å². The van der Waals surface area contributed by atoms with Gasteiger partial charge < -0.3 is 10.6 Å². The van der Waals surface area contributed by atoms with Crippen LogP contribution >= 0.6 is 0 Å². The second kappa shape index (κ2) is 7.08. The van der Waals surface area contributed by atoms with Gasteiger partial charge in [0.2, 0.25) is 5.91 Å². The third kappa shape index (κ3) is 4.31. The highest BCUT2D eigenvalue weighted by atomic mass is 16.2. The average Bonchev–Trinajstić information content (AvgIpc) is 2.40. The van der Waals surface area contributed by atoms with E-state index in [0.717, 1.165) is 19.4 Å². The zero-order valence-electron chi connectivity index (χ0n) is 13.6. The molecule has 0 spiro atoms. The van der Waals surface area contributed by atoms with Crippen LogP contribution in [-0.2, 0) is 4.79 Å². The van der Waals surface area contributed by atoms with Crippen LogP contribution < -0.4 is 10.6 Å². The first-order valence-corrected chi connectivity index (χ1v) is 8.06. The van der Waals surface area contributed by atoms with E-state index in [4.69, 9.17) is 0 Å². The third-order valence-corrected chi connectivity index (χ3v) is 4.33. The van der Waals surface area contributed by atoms with Crippen LogP contribution in [0.25, 0.3) is 0 Å². The maximum atomic E-state index is 12.0. The molecule has 1 aromatic carbocycles. The topological polar surface area (TPSA) is 41.1 Å². The van der Waals surface area contributed by atoms with E-state index >= 15 is 0 Å². The molecule has 116 valence electrons. The van der Waals surface area contributed by atoms with Gasteiger partial charge in [-0.2, -0.15) is 0 Å². The van der Waals surface area contributed by atoms with Gasteiger partial charge in [-0.15, -0.1) is 0 Å². The summed E-state index contributed by atoms with van der Waals surface area (Å²) in [5.41, 5.74) is 2.84. The molecular formula is C18H28N2O. The van der Waals surface area contributed by atoms with Crippen LogP contribution in [0.3, 0.4) is 0 Å². The minimum absolute atomic E-state index is 0.105. The quantitative estimate of drug-likeness (QED) is 0.845. The fourth-order valence-electron chi connectivity index (χ4n) is 2.94.